The molecule has 4 nitrogen and oxygen atoms in total. The Morgan fingerprint density at radius 1 is 1.20 bits per heavy atom. The largest absolute Gasteiger partial charge is 0.398 e. The second-order valence-corrected chi connectivity index (χ2v) is 8.10. The first kappa shape index (κ1) is 15.9. The van der Waals surface area contributed by atoms with Crippen LogP contribution >= 0.6 is 50.1 Å². The lowest BCUT2D eigenvalue weighted by atomic mass is 10.3. The molecule has 106 valence electrons. The molecule has 2 aromatic carbocycles. The van der Waals surface area contributed by atoms with Gasteiger partial charge in [-0.15, -0.1) is 0 Å². The van der Waals surface area contributed by atoms with Crippen molar-refractivity contribution in [1.29, 1.82) is 0 Å². The van der Waals surface area contributed by atoms with E-state index in [4.69, 9.17) is 17.3 Å². The summed E-state index contributed by atoms with van der Waals surface area (Å²) in [4.78, 5) is 0.105. The van der Waals surface area contributed by atoms with E-state index in [2.05, 4.69) is 43.2 Å². The SMILES string of the molecule is Nc1ccc(S(=O)(=O)Nc2ccc(I)cc2Cl)cc1Br. The molecule has 0 saturated carbocycles. The maximum absolute atomic E-state index is 12.3. The molecule has 0 saturated heterocycles. The Morgan fingerprint density at radius 2 is 1.90 bits per heavy atom. The van der Waals surface area contributed by atoms with Crippen molar-refractivity contribution < 1.29 is 8.42 Å². The summed E-state index contributed by atoms with van der Waals surface area (Å²) in [6.45, 7) is 0. The van der Waals surface area contributed by atoms with Crippen molar-refractivity contribution in [3.63, 3.8) is 0 Å². The van der Waals surface area contributed by atoms with Crippen LogP contribution in [-0.2, 0) is 10.0 Å². The maximum Gasteiger partial charge on any atom is 0.261 e. The van der Waals surface area contributed by atoms with E-state index in [1.807, 2.05) is 0 Å². The number of nitrogens with one attached hydrogen (secondary N) is 1. The standard InChI is InChI=1S/C12H9BrClIN2O2S/c13-9-6-8(2-3-11(9)16)20(18,19)17-12-4-1-7(15)5-10(12)14/h1-6,17H,16H2. The van der Waals surface area contributed by atoms with Crippen LogP contribution in [0.4, 0.5) is 11.4 Å². The first-order valence-corrected chi connectivity index (χ1v) is 9.06. The molecule has 0 aliphatic carbocycles. The molecule has 3 N–H and O–H groups in total. The number of benzene rings is 2. The van der Waals surface area contributed by atoms with Crippen molar-refractivity contribution in [2.75, 3.05) is 10.5 Å². The van der Waals surface area contributed by atoms with Crippen LogP contribution in [-0.4, -0.2) is 8.42 Å². The Kier molecular flexibility index (Phi) is 4.83. The van der Waals surface area contributed by atoms with Crippen LogP contribution in [0.1, 0.15) is 0 Å². The second-order valence-electron chi connectivity index (χ2n) is 3.91. The van der Waals surface area contributed by atoms with Crippen LogP contribution in [0, 0.1) is 3.57 Å². The zero-order chi connectivity index (χ0) is 14.9. The molecule has 0 amide bonds. The summed E-state index contributed by atoms with van der Waals surface area (Å²) in [5.74, 6) is 0. The van der Waals surface area contributed by atoms with Gasteiger partial charge in [0.25, 0.3) is 10.0 Å². The molecule has 0 fully saturated rings. The Labute approximate surface area is 144 Å². The molecule has 0 heterocycles. The molecule has 0 spiro atoms. The third-order valence-electron chi connectivity index (χ3n) is 2.46. The third-order valence-corrected chi connectivity index (χ3v) is 5.49. The number of nitrogen functional groups attached to an aromatic ring is 1. The zero-order valence-corrected chi connectivity index (χ0v) is 15.2. The number of halogens is 3. The fourth-order valence-electron chi connectivity index (χ4n) is 1.45. The number of anilines is 2. The number of nitrogens with two attached hydrogens (primary N) is 1. The minimum absolute atomic E-state index is 0.105. The molecule has 0 radical (unpaired) electrons. The lowest BCUT2D eigenvalue weighted by Gasteiger charge is -2.10. The van der Waals surface area contributed by atoms with Gasteiger partial charge in [-0.3, -0.25) is 4.72 Å². The molecule has 0 aliphatic heterocycles. The van der Waals surface area contributed by atoms with Crippen molar-refractivity contribution in [1.82, 2.24) is 0 Å². The molecule has 0 bridgehead atoms. The van der Waals surface area contributed by atoms with Crippen LogP contribution < -0.4 is 10.5 Å². The van der Waals surface area contributed by atoms with E-state index in [1.165, 1.54) is 18.2 Å². The van der Waals surface area contributed by atoms with Crippen LogP contribution in [0.3, 0.4) is 0 Å². The number of sulfonamides is 1. The maximum atomic E-state index is 12.3. The fraction of sp³-hybridized carbons (Fsp3) is 0. The molecule has 2 rings (SSSR count). The topological polar surface area (TPSA) is 72.2 Å². The van der Waals surface area contributed by atoms with Crippen LogP contribution in [0.5, 0.6) is 0 Å². The third kappa shape index (κ3) is 3.57. The highest BCUT2D eigenvalue weighted by atomic mass is 127. The Hall–Kier alpha value is -0.510. The molecule has 8 heteroatoms. The molecule has 2 aromatic rings. The summed E-state index contributed by atoms with van der Waals surface area (Å²) < 4.78 is 28.4. The van der Waals surface area contributed by atoms with Crippen molar-refractivity contribution in [2.45, 2.75) is 4.90 Å². The predicted octanol–water partition coefficient (Wildman–Crippen LogP) is 4.09. The van der Waals surface area contributed by atoms with Crippen LogP contribution in [0.25, 0.3) is 0 Å². The summed E-state index contributed by atoms with van der Waals surface area (Å²) >= 11 is 11.3. The van der Waals surface area contributed by atoms with Gasteiger partial charge in [-0.25, -0.2) is 8.42 Å². The van der Waals surface area contributed by atoms with Gasteiger partial charge in [0.15, 0.2) is 0 Å². The van der Waals surface area contributed by atoms with E-state index in [9.17, 15) is 8.42 Å². The van der Waals surface area contributed by atoms with Crippen molar-refractivity contribution in [3.05, 3.63) is 49.5 Å². The van der Waals surface area contributed by atoms with Crippen LogP contribution in [0.2, 0.25) is 5.02 Å². The summed E-state index contributed by atoms with van der Waals surface area (Å²) in [5.41, 5.74) is 6.44. The monoisotopic (exact) mass is 486 g/mol. The molecular weight excluding hydrogens is 478 g/mol. The van der Waals surface area contributed by atoms with Gasteiger partial charge in [0, 0.05) is 13.7 Å². The lowest BCUT2D eigenvalue weighted by Crippen LogP contribution is -2.13. The summed E-state index contributed by atoms with van der Waals surface area (Å²) in [6.07, 6.45) is 0. The molecule has 0 aliphatic rings. The predicted molar refractivity (Wildman–Crippen MR) is 93.5 cm³/mol. The summed E-state index contributed by atoms with van der Waals surface area (Å²) in [6, 6.07) is 9.46. The smallest absolute Gasteiger partial charge is 0.261 e. The van der Waals surface area contributed by atoms with Gasteiger partial charge >= 0.3 is 0 Å². The van der Waals surface area contributed by atoms with E-state index in [0.717, 1.165) is 3.57 Å². The molecule has 0 atom stereocenters. The Bertz CT molecular complexity index is 768. The summed E-state index contributed by atoms with van der Waals surface area (Å²) in [7, 11) is -3.71. The van der Waals surface area contributed by atoms with Gasteiger partial charge in [0.05, 0.1) is 15.6 Å². The quantitative estimate of drug-likeness (QED) is 0.506. The molecular formula is C12H9BrClIN2O2S. The van der Waals surface area contributed by atoms with E-state index >= 15 is 0 Å². The van der Waals surface area contributed by atoms with Gasteiger partial charge in [0.2, 0.25) is 0 Å². The first-order valence-electron chi connectivity index (χ1n) is 5.32. The van der Waals surface area contributed by atoms with E-state index in [0.29, 0.717) is 20.9 Å². The van der Waals surface area contributed by atoms with Gasteiger partial charge in [0.1, 0.15) is 0 Å². The van der Waals surface area contributed by atoms with Crippen LogP contribution in [0.15, 0.2) is 45.8 Å². The van der Waals surface area contributed by atoms with Gasteiger partial charge in [-0.1, -0.05) is 11.6 Å². The van der Waals surface area contributed by atoms with Gasteiger partial charge < -0.3 is 5.73 Å². The second kappa shape index (κ2) is 6.08. The number of rotatable bonds is 3. The Morgan fingerprint density at radius 3 is 2.50 bits per heavy atom. The highest BCUT2D eigenvalue weighted by Gasteiger charge is 2.16. The first-order chi connectivity index (χ1) is 9.29. The molecule has 0 aromatic heterocycles. The van der Waals surface area contributed by atoms with E-state index in [-0.39, 0.29) is 4.90 Å². The highest BCUT2D eigenvalue weighted by Crippen LogP contribution is 2.28. The lowest BCUT2D eigenvalue weighted by molar-refractivity contribution is 0.601. The van der Waals surface area contributed by atoms with Gasteiger partial charge in [-0.05, 0) is 74.9 Å². The van der Waals surface area contributed by atoms with E-state index in [1.54, 1.807) is 18.2 Å². The normalized spacial score (nSPS) is 11.3. The molecule has 20 heavy (non-hydrogen) atoms. The average molecular weight is 488 g/mol. The zero-order valence-electron chi connectivity index (χ0n) is 9.90. The number of hydrogen-bond donors (Lipinski definition) is 2. The van der Waals surface area contributed by atoms with Crippen molar-refractivity contribution >= 4 is 71.5 Å². The van der Waals surface area contributed by atoms with E-state index < -0.39 is 10.0 Å². The number of hydrogen-bond acceptors (Lipinski definition) is 3. The van der Waals surface area contributed by atoms with Crippen molar-refractivity contribution in [2.24, 2.45) is 0 Å². The Balaban J connectivity index is 2.38. The molecule has 0 unspecified atom stereocenters. The van der Waals surface area contributed by atoms with Gasteiger partial charge in [-0.2, -0.15) is 0 Å². The van der Waals surface area contributed by atoms with Crippen molar-refractivity contribution in [3.8, 4) is 0 Å². The summed E-state index contributed by atoms with van der Waals surface area (Å²) in [5, 5.41) is 0.343. The average Bonchev–Trinajstić information content (AvgIpc) is 2.36. The minimum atomic E-state index is -3.71. The minimum Gasteiger partial charge on any atom is -0.398 e. The highest BCUT2D eigenvalue weighted by molar-refractivity contribution is 14.1. The fourth-order valence-corrected chi connectivity index (χ4v) is 4.05.